The summed E-state index contributed by atoms with van der Waals surface area (Å²) in [5, 5.41) is 15.1. The molecule has 1 amide bonds. The molecule has 13 heavy (non-hydrogen) atoms. The molecular formula is C9H16N2O2. The van der Waals surface area contributed by atoms with Gasteiger partial charge in [0.25, 0.3) is 0 Å². The Labute approximate surface area is 77.7 Å². The number of hydrogen-bond donors (Lipinski definition) is 3. The molecule has 0 radical (unpaired) electrons. The first-order valence-electron chi connectivity index (χ1n) is 4.95. The highest BCUT2D eigenvalue weighted by Crippen LogP contribution is 2.27. The molecule has 0 spiro atoms. The first kappa shape index (κ1) is 8.97. The lowest BCUT2D eigenvalue weighted by atomic mass is 10.2. The fourth-order valence-electron chi connectivity index (χ4n) is 1.61. The Bertz CT molecular complexity index is 204. The molecule has 0 aromatic carbocycles. The van der Waals surface area contributed by atoms with E-state index in [-0.39, 0.29) is 18.1 Å². The number of carbonyl (C=O) groups is 1. The van der Waals surface area contributed by atoms with Gasteiger partial charge in [0.1, 0.15) is 0 Å². The smallest absolute Gasteiger partial charge is 0.237 e. The molecule has 4 nitrogen and oxygen atoms in total. The maximum atomic E-state index is 11.4. The Morgan fingerprint density at radius 3 is 2.85 bits per heavy atom. The predicted molar refractivity (Wildman–Crippen MR) is 48.1 cm³/mol. The molecule has 2 aliphatic rings. The minimum absolute atomic E-state index is 0.0449. The number of amides is 1. The van der Waals surface area contributed by atoms with Gasteiger partial charge in [0.15, 0.2) is 0 Å². The van der Waals surface area contributed by atoms with E-state index in [0.29, 0.717) is 13.0 Å². The third kappa shape index (κ3) is 2.42. The van der Waals surface area contributed by atoms with E-state index in [9.17, 15) is 9.90 Å². The molecule has 1 saturated heterocycles. The Hall–Kier alpha value is -0.610. The average Bonchev–Trinajstić information content (AvgIpc) is 2.84. The van der Waals surface area contributed by atoms with Gasteiger partial charge >= 0.3 is 0 Å². The Balaban J connectivity index is 1.69. The fourth-order valence-corrected chi connectivity index (χ4v) is 1.61. The van der Waals surface area contributed by atoms with Crippen LogP contribution in [-0.4, -0.2) is 36.2 Å². The van der Waals surface area contributed by atoms with Crippen LogP contribution in [0.2, 0.25) is 0 Å². The topological polar surface area (TPSA) is 61.4 Å². The van der Waals surface area contributed by atoms with Crippen LogP contribution < -0.4 is 10.6 Å². The van der Waals surface area contributed by atoms with E-state index in [4.69, 9.17) is 0 Å². The van der Waals surface area contributed by atoms with E-state index >= 15 is 0 Å². The van der Waals surface area contributed by atoms with Crippen molar-refractivity contribution in [1.29, 1.82) is 0 Å². The highest BCUT2D eigenvalue weighted by atomic mass is 16.3. The van der Waals surface area contributed by atoms with Gasteiger partial charge < -0.3 is 15.7 Å². The van der Waals surface area contributed by atoms with Gasteiger partial charge in [-0.05, 0) is 25.2 Å². The second-order valence-corrected chi connectivity index (χ2v) is 4.04. The number of aliphatic hydroxyl groups excluding tert-OH is 1. The van der Waals surface area contributed by atoms with Crippen molar-refractivity contribution in [2.75, 3.05) is 13.1 Å². The molecule has 0 aromatic heterocycles. The van der Waals surface area contributed by atoms with E-state index in [2.05, 4.69) is 10.6 Å². The Kier molecular flexibility index (Phi) is 2.51. The van der Waals surface area contributed by atoms with Crippen LogP contribution >= 0.6 is 0 Å². The zero-order valence-electron chi connectivity index (χ0n) is 7.62. The van der Waals surface area contributed by atoms with Gasteiger partial charge in [0.05, 0.1) is 12.1 Å². The standard InChI is InChI=1S/C9H16N2O2/c12-7-3-8(10-5-7)9(13)11-4-6-1-2-6/h6-8,10,12H,1-5H2,(H,11,13). The first-order chi connectivity index (χ1) is 6.25. The first-order valence-corrected chi connectivity index (χ1v) is 4.95. The number of rotatable bonds is 3. The summed E-state index contributed by atoms with van der Waals surface area (Å²) in [6.45, 7) is 1.36. The van der Waals surface area contributed by atoms with E-state index in [0.717, 1.165) is 12.5 Å². The Morgan fingerprint density at radius 2 is 2.31 bits per heavy atom. The van der Waals surface area contributed by atoms with Gasteiger partial charge in [-0.2, -0.15) is 0 Å². The van der Waals surface area contributed by atoms with E-state index in [1.54, 1.807) is 0 Å². The van der Waals surface area contributed by atoms with Crippen molar-refractivity contribution in [3.63, 3.8) is 0 Å². The van der Waals surface area contributed by atoms with Crippen LogP contribution in [0.15, 0.2) is 0 Å². The van der Waals surface area contributed by atoms with Crippen molar-refractivity contribution in [3.8, 4) is 0 Å². The van der Waals surface area contributed by atoms with Crippen LogP contribution in [-0.2, 0) is 4.79 Å². The summed E-state index contributed by atoms with van der Waals surface area (Å²) in [6, 6.07) is -0.172. The molecule has 2 atom stereocenters. The number of nitrogens with one attached hydrogen (secondary N) is 2. The zero-order chi connectivity index (χ0) is 9.26. The van der Waals surface area contributed by atoms with Crippen LogP contribution in [0.1, 0.15) is 19.3 Å². The van der Waals surface area contributed by atoms with Crippen molar-refractivity contribution in [1.82, 2.24) is 10.6 Å². The van der Waals surface area contributed by atoms with Crippen LogP contribution in [0.3, 0.4) is 0 Å². The van der Waals surface area contributed by atoms with E-state index < -0.39 is 0 Å². The van der Waals surface area contributed by atoms with Crippen LogP contribution in [0.4, 0.5) is 0 Å². The molecular weight excluding hydrogens is 168 g/mol. The van der Waals surface area contributed by atoms with E-state index in [1.807, 2.05) is 0 Å². The van der Waals surface area contributed by atoms with Gasteiger partial charge in [0.2, 0.25) is 5.91 Å². The molecule has 0 bridgehead atoms. The predicted octanol–water partition coefficient (Wildman–Crippen LogP) is -0.765. The highest BCUT2D eigenvalue weighted by molar-refractivity contribution is 5.82. The van der Waals surface area contributed by atoms with Gasteiger partial charge in [-0.15, -0.1) is 0 Å². The normalized spacial score (nSPS) is 33.3. The minimum atomic E-state index is -0.350. The molecule has 4 heteroatoms. The van der Waals surface area contributed by atoms with Gasteiger partial charge in [-0.1, -0.05) is 0 Å². The van der Waals surface area contributed by atoms with Gasteiger partial charge in [-0.3, -0.25) is 4.79 Å². The van der Waals surface area contributed by atoms with Crippen molar-refractivity contribution >= 4 is 5.91 Å². The maximum Gasteiger partial charge on any atom is 0.237 e. The molecule has 1 saturated carbocycles. The van der Waals surface area contributed by atoms with Crippen molar-refractivity contribution < 1.29 is 9.90 Å². The lowest BCUT2D eigenvalue weighted by Crippen LogP contribution is -2.41. The summed E-state index contributed by atoms with van der Waals surface area (Å²) in [5.41, 5.74) is 0. The number of hydrogen-bond acceptors (Lipinski definition) is 3. The Morgan fingerprint density at radius 1 is 1.54 bits per heavy atom. The monoisotopic (exact) mass is 184 g/mol. The molecule has 1 aliphatic carbocycles. The number of β-amino-alcohol motifs (C(OH)–C–C–N with tert-alkyl or cyclic N) is 1. The number of carbonyl (C=O) groups excluding carboxylic acids is 1. The van der Waals surface area contributed by atoms with Crippen molar-refractivity contribution in [2.45, 2.75) is 31.4 Å². The molecule has 2 fully saturated rings. The molecule has 3 N–H and O–H groups in total. The van der Waals surface area contributed by atoms with Crippen LogP contribution in [0.5, 0.6) is 0 Å². The number of aliphatic hydroxyl groups is 1. The van der Waals surface area contributed by atoms with Crippen LogP contribution in [0.25, 0.3) is 0 Å². The molecule has 1 aliphatic heterocycles. The highest BCUT2D eigenvalue weighted by Gasteiger charge is 2.29. The average molecular weight is 184 g/mol. The fraction of sp³-hybridized carbons (Fsp3) is 0.889. The lowest BCUT2D eigenvalue weighted by Gasteiger charge is -2.09. The summed E-state index contributed by atoms with van der Waals surface area (Å²) >= 11 is 0. The lowest BCUT2D eigenvalue weighted by molar-refractivity contribution is -0.123. The molecule has 74 valence electrons. The SMILES string of the molecule is O=C(NCC1CC1)C1CC(O)CN1. The molecule has 0 aromatic rings. The summed E-state index contributed by atoms with van der Waals surface area (Å²) in [5.74, 6) is 0.763. The zero-order valence-corrected chi connectivity index (χ0v) is 7.62. The quantitative estimate of drug-likeness (QED) is 0.540. The second kappa shape index (κ2) is 3.64. The molecule has 2 rings (SSSR count). The summed E-state index contributed by atoms with van der Waals surface area (Å²) in [4.78, 5) is 11.4. The molecule has 2 unspecified atom stereocenters. The van der Waals surface area contributed by atoms with Crippen molar-refractivity contribution in [2.24, 2.45) is 5.92 Å². The third-order valence-corrected chi connectivity index (χ3v) is 2.69. The van der Waals surface area contributed by atoms with Gasteiger partial charge in [0, 0.05) is 13.1 Å². The maximum absolute atomic E-state index is 11.4. The van der Waals surface area contributed by atoms with Crippen LogP contribution in [0, 0.1) is 5.92 Å². The van der Waals surface area contributed by atoms with E-state index in [1.165, 1.54) is 12.8 Å². The minimum Gasteiger partial charge on any atom is -0.392 e. The third-order valence-electron chi connectivity index (χ3n) is 2.69. The summed E-state index contributed by atoms with van der Waals surface area (Å²) in [6.07, 6.45) is 2.70. The second-order valence-electron chi connectivity index (χ2n) is 4.04. The van der Waals surface area contributed by atoms with Gasteiger partial charge in [-0.25, -0.2) is 0 Å². The summed E-state index contributed by atoms with van der Waals surface area (Å²) in [7, 11) is 0. The largest absolute Gasteiger partial charge is 0.392 e. The molecule has 1 heterocycles. The van der Waals surface area contributed by atoms with Crippen molar-refractivity contribution in [3.05, 3.63) is 0 Å². The summed E-state index contributed by atoms with van der Waals surface area (Å²) < 4.78 is 0.